The molecule has 2 bridgehead atoms. The summed E-state index contributed by atoms with van der Waals surface area (Å²) in [5.74, 6) is 0. The van der Waals surface area contributed by atoms with Gasteiger partial charge in [-0.15, -0.1) is 34.0 Å². The van der Waals surface area contributed by atoms with E-state index in [9.17, 15) is 8.42 Å². The van der Waals surface area contributed by atoms with Gasteiger partial charge in [-0.2, -0.15) is 0 Å². The van der Waals surface area contributed by atoms with E-state index in [0.717, 1.165) is 35.7 Å². The van der Waals surface area contributed by atoms with Crippen LogP contribution in [0, 0.1) is 0 Å². The summed E-state index contributed by atoms with van der Waals surface area (Å²) in [4.78, 5) is 0.458. The Bertz CT molecular complexity index is 968. The van der Waals surface area contributed by atoms with Gasteiger partial charge in [-0.25, -0.2) is 8.42 Å². The van der Waals surface area contributed by atoms with E-state index in [2.05, 4.69) is 45.6 Å². The van der Waals surface area contributed by atoms with E-state index < -0.39 is 15.1 Å². The fourth-order valence-corrected chi connectivity index (χ4v) is 7.50. The summed E-state index contributed by atoms with van der Waals surface area (Å²) in [6, 6.07) is 16.0. The maximum absolute atomic E-state index is 13.6. The molecular weight excluding hydrogens is 632 g/mol. The third-order valence-electron chi connectivity index (χ3n) is 6.79. The SMILES string of the molecule is Br.Br.CCCCCCc1ccc(S(=O)(=O)[C@H]2[C@H](NCc3ccc(Br)cc3)[C@@H]3CC[C@H]2N3)cc1. The normalized spacial score (nSPS) is 23.7. The number of sulfone groups is 1. The second-order valence-corrected chi connectivity index (χ2v) is 12.0. The van der Waals surface area contributed by atoms with Crippen molar-refractivity contribution >= 4 is 59.7 Å². The van der Waals surface area contributed by atoms with E-state index >= 15 is 0 Å². The number of aryl methyl sites for hydroxylation is 1. The highest BCUT2D eigenvalue weighted by Gasteiger charge is 2.53. The summed E-state index contributed by atoms with van der Waals surface area (Å²) in [6.45, 7) is 2.89. The van der Waals surface area contributed by atoms with Crippen molar-refractivity contribution < 1.29 is 8.42 Å². The molecule has 2 aliphatic rings. The Morgan fingerprint density at radius 2 is 1.55 bits per heavy atom. The van der Waals surface area contributed by atoms with E-state index in [0.29, 0.717) is 11.4 Å². The first-order valence-corrected chi connectivity index (χ1v) is 13.9. The molecule has 2 heterocycles. The Hall–Kier alpha value is -0.250. The predicted molar refractivity (Wildman–Crippen MR) is 151 cm³/mol. The summed E-state index contributed by atoms with van der Waals surface area (Å²) in [5.41, 5.74) is 2.39. The minimum absolute atomic E-state index is 0. The molecule has 4 nitrogen and oxygen atoms in total. The maximum atomic E-state index is 13.6. The minimum atomic E-state index is -3.41. The van der Waals surface area contributed by atoms with Gasteiger partial charge in [0.25, 0.3) is 0 Å². The van der Waals surface area contributed by atoms with E-state index in [4.69, 9.17) is 0 Å². The van der Waals surface area contributed by atoms with Crippen LogP contribution >= 0.6 is 49.9 Å². The molecule has 0 saturated carbocycles. The lowest BCUT2D eigenvalue weighted by Gasteiger charge is -2.30. The average molecular weight is 667 g/mol. The molecule has 2 N–H and O–H groups in total. The molecule has 2 fully saturated rings. The Kier molecular flexibility index (Phi) is 11.6. The number of benzene rings is 2. The molecule has 2 aromatic carbocycles. The minimum Gasteiger partial charge on any atom is -0.308 e. The Morgan fingerprint density at radius 3 is 2.21 bits per heavy atom. The number of nitrogens with one attached hydrogen (secondary N) is 2. The molecule has 4 atom stereocenters. The van der Waals surface area contributed by atoms with Gasteiger partial charge in [0.2, 0.25) is 0 Å². The third-order valence-corrected chi connectivity index (χ3v) is 9.58. The van der Waals surface area contributed by atoms with Crippen LogP contribution in [0.2, 0.25) is 0 Å². The molecule has 2 aliphatic heterocycles. The van der Waals surface area contributed by atoms with E-state index in [1.807, 2.05) is 36.4 Å². The Morgan fingerprint density at radius 1 is 0.909 bits per heavy atom. The number of halogens is 3. The van der Waals surface area contributed by atoms with Crippen LogP contribution in [-0.2, 0) is 22.8 Å². The summed E-state index contributed by atoms with van der Waals surface area (Å²) in [5, 5.41) is 6.70. The molecule has 4 rings (SSSR count). The van der Waals surface area contributed by atoms with Gasteiger partial charge in [-0.3, -0.25) is 0 Å². The molecule has 0 spiro atoms. The predicted octanol–water partition coefficient (Wildman–Crippen LogP) is 6.16. The molecule has 0 amide bonds. The number of hydrogen-bond donors (Lipinski definition) is 2. The summed E-state index contributed by atoms with van der Waals surface area (Å²) >= 11 is 3.47. The second kappa shape index (κ2) is 13.2. The molecule has 0 aromatic heterocycles. The van der Waals surface area contributed by atoms with Crippen molar-refractivity contribution in [3.63, 3.8) is 0 Å². The average Bonchev–Trinajstić information content (AvgIpc) is 3.39. The number of fused-ring (bicyclic) bond motifs is 2. The standard InChI is InChI=1S/C25H33BrN2O2S.2BrH/c1-2-3-4-5-6-18-9-13-21(14-10-18)31(29,30)25-23-16-15-22(28-23)24(25)27-17-19-7-11-20(26)12-8-19;;/h7-14,22-25,27-28H,2-6,15-17H2,1H3;2*1H/t22-,23+,24+,25+;;/m0../s1. The van der Waals surface area contributed by atoms with Gasteiger partial charge in [0.15, 0.2) is 9.84 Å². The van der Waals surface area contributed by atoms with Crippen molar-refractivity contribution in [2.45, 2.75) is 86.7 Å². The van der Waals surface area contributed by atoms with E-state index in [1.165, 1.54) is 24.8 Å². The Labute approximate surface area is 228 Å². The number of unbranched alkanes of at least 4 members (excludes halogenated alkanes) is 3. The Balaban J connectivity index is 0.00000193. The molecule has 2 saturated heterocycles. The first kappa shape index (κ1) is 29.0. The molecule has 184 valence electrons. The van der Waals surface area contributed by atoms with Crippen molar-refractivity contribution in [1.29, 1.82) is 0 Å². The topological polar surface area (TPSA) is 58.2 Å². The zero-order chi connectivity index (χ0) is 21.8. The lowest BCUT2D eigenvalue weighted by Crippen LogP contribution is -2.50. The molecule has 33 heavy (non-hydrogen) atoms. The van der Waals surface area contributed by atoms with Crippen LogP contribution in [0.4, 0.5) is 0 Å². The zero-order valence-electron chi connectivity index (χ0n) is 19.0. The summed E-state index contributed by atoms with van der Waals surface area (Å²) in [7, 11) is -3.41. The highest BCUT2D eigenvalue weighted by Crippen LogP contribution is 2.36. The van der Waals surface area contributed by atoms with Gasteiger partial charge in [0.1, 0.15) is 0 Å². The van der Waals surface area contributed by atoms with Crippen LogP contribution in [0.5, 0.6) is 0 Å². The van der Waals surface area contributed by atoms with Gasteiger partial charge in [0, 0.05) is 29.1 Å². The monoisotopic (exact) mass is 664 g/mol. The maximum Gasteiger partial charge on any atom is 0.184 e. The number of rotatable bonds is 10. The van der Waals surface area contributed by atoms with Gasteiger partial charge in [-0.1, -0.05) is 66.4 Å². The fourth-order valence-electron chi connectivity index (χ4n) is 5.09. The highest BCUT2D eigenvalue weighted by atomic mass is 79.9. The number of hydrogen-bond acceptors (Lipinski definition) is 4. The van der Waals surface area contributed by atoms with Crippen molar-refractivity contribution in [1.82, 2.24) is 10.6 Å². The smallest absolute Gasteiger partial charge is 0.184 e. The lowest BCUT2D eigenvalue weighted by molar-refractivity contribution is 0.409. The fraction of sp³-hybridized carbons (Fsp3) is 0.520. The summed E-state index contributed by atoms with van der Waals surface area (Å²) in [6.07, 6.45) is 7.88. The third kappa shape index (κ3) is 6.91. The van der Waals surface area contributed by atoms with Crippen LogP contribution in [0.3, 0.4) is 0 Å². The van der Waals surface area contributed by atoms with Crippen molar-refractivity contribution in [2.24, 2.45) is 0 Å². The van der Waals surface area contributed by atoms with Crippen LogP contribution in [0.15, 0.2) is 57.9 Å². The first-order chi connectivity index (χ1) is 15.0. The van der Waals surface area contributed by atoms with Gasteiger partial charge < -0.3 is 10.6 Å². The first-order valence-electron chi connectivity index (χ1n) is 11.6. The van der Waals surface area contributed by atoms with Gasteiger partial charge in [-0.05, 0) is 61.1 Å². The van der Waals surface area contributed by atoms with Crippen molar-refractivity contribution in [3.8, 4) is 0 Å². The largest absolute Gasteiger partial charge is 0.308 e. The van der Waals surface area contributed by atoms with Crippen LogP contribution in [0.25, 0.3) is 0 Å². The van der Waals surface area contributed by atoms with Crippen LogP contribution < -0.4 is 10.6 Å². The van der Waals surface area contributed by atoms with Crippen LogP contribution in [0.1, 0.15) is 56.6 Å². The van der Waals surface area contributed by atoms with Crippen molar-refractivity contribution in [2.75, 3.05) is 0 Å². The zero-order valence-corrected chi connectivity index (χ0v) is 24.8. The van der Waals surface area contributed by atoms with Crippen LogP contribution in [-0.4, -0.2) is 31.8 Å². The molecule has 0 radical (unpaired) electrons. The van der Waals surface area contributed by atoms with Crippen molar-refractivity contribution in [3.05, 3.63) is 64.1 Å². The molecule has 0 unspecified atom stereocenters. The van der Waals surface area contributed by atoms with Gasteiger partial charge >= 0.3 is 0 Å². The molecule has 0 aliphatic carbocycles. The molecule has 8 heteroatoms. The summed E-state index contributed by atoms with van der Waals surface area (Å²) < 4.78 is 28.3. The van der Waals surface area contributed by atoms with Gasteiger partial charge in [0.05, 0.1) is 10.1 Å². The van der Waals surface area contributed by atoms with E-state index in [1.54, 1.807) is 0 Å². The second-order valence-electron chi connectivity index (χ2n) is 8.95. The highest BCUT2D eigenvalue weighted by molar-refractivity contribution is 9.10. The lowest BCUT2D eigenvalue weighted by atomic mass is 9.94. The molecular formula is C25H35Br3N2O2S. The quantitative estimate of drug-likeness (QED) is 0.298. The van der Waals surface area contributed by atoms with E-state index in [-0.39, 0.29) is 52.1 Å². The molecule has 2 aromatic rings.